The topological polar surface area (TPSA) is 16.4 Å². The molecule has 2 heterocycles. The van der Waals surface area contributed by atoms with Gasteiger partial charge in [0.1, 0.15) is 11.2 Å². The molecule has 0 atom stereocenters. The third-order valence-corrected chi connectivity index (χ3v) is 14.4. The van der Waals surface area contributed by atoms with Crippen LogP contribution < -0.4 is 4.90 Å². The summed E-state index contributed by atoms with van der Waals surface area (Å²) in [5.41, 5.74) is 16.9. The van der Waals surface area contributed by atoms with E-state index in [1.807, 2.05) is 11.3 Å². The molecule has 11 aromatic carbocycles. The molecule has 2 aromatic heterocycles. The van der Waals surface area contributed by atoms with Crippen LogP contribution in [0.2, 0.25) is 0 Å². The van der Waals surface area contributed by atoms with Crippen LogP contribution in [0.15, 0.2) is 253 Å². The standard InChI is InChI=1S/C64H41NOS/c1-3-14-43(15-4-1)52-38-33-47(41-58(52)44-16-5-2-6-17-44)42-28-34-49(35-29-42)65(50-36-30-46(31-37-50)53-24-13-27-61-63(53)56-22-9-10-26-60(56)67-61)51-20-11-19-48(40-51)54-23-12-25-59-62(54)57-39-32-45-18-7-8-21-55(45)64(57)66-59/h1-41H. The average Bonchev–Trinajstić information content (AvgIpc) is 3.99. The van der Waals surface area contributed by atoms with E-state index in [0.29, 0.717) is 0 Å². The summed E-state index contributed by atoms with van der Waals surface area (Å²) in [5.74, 6) is 0. The van der Waals surface area contributed by atoms with Crippen molar-refractivity contribution < 1.29 is 4.42 Å². The van der Waals surface area contributed by atoms with Crippen molar-refractivity contribution in [3.8, 4) is 55.6 Å². The lowest BCUT2D eigenvalue weighted by molar-refractivity contribution is 0.673. The summed E-state index contributed by atoms with van der Waals surface area (Å²) < 4.78 is 9.25. The van der Waals surface area contributed by atoms with E-state index in [2.05, 4.69) is 254 Å². The predicted molar refractivity (Wildman–Crippen MR) is 286 cm³/mol. The van der Waals surface area contributed by atoms with E-state index >= 15 is 0 Å². The number of rotatable bonds is 8. The van der Waals surface area contributed by atoms with Crippen LogP contribution in [0.1, 0.15) is 0 Å². The summed E-state index contributed by atoms with van der Waals surface area (Å²) in [5, 5.41) is 7.17. The van der Waals surface area contributed by atoms with Crippen LogP contribution in [0.3, 0.4) is 0 Å². The minimum absolute atomic E-state index is 0.887. The second kappa shape index (κ2) is 16.2. The first-order valence-corrected chi connectivity index (χ1v) is 23.6. The molecule has 0 aliphatic rings. The Balaban J connectivity index is 0.935. The predicted octanol–water partition coefficient (Wildman–Crippen LogP) is 18.9. The van der Waals surface area contributed by atoms with Gasteiger partial charge < -0.3 is 9.32 Å². The number of anilines is 3. The Kier molecular flexibility index (Phi) is 9.40. The molecule has 0 saturated carbocycles. The second-order valence-electron chi connectivity index (χ2n) is 17.2. The van der Waals surface area contributed by atoms with Gasteiger partial charge in [0, 0.05) is 53.4 Å². The summed E-state index contributed by atoms with van der Waals surface area (Å²) in [4.78, 5) is 2.38. The van der Waals surface area contributed by atoms with E-state index in [1.54, 1.807) is 0 Å². The molecule has 3 heteroatoms. The fourth-order valence-corrected chi connectivity index (χ4v) is 11.2. The summed E-state index contributed by atoms with van der Waals surface area (Å²) in [7, 11) is 0. The van der Waals surface area contributed by atoms with Crippen molar-refractivity contribution >= 4 is 81.3 Å². The van der Waals surface area contributed by atoms with Crippen molar-refractivity contribution in [1.82, 2.24) is 0 Å². The number of hydrogen-bond acceptors (Lipinski definition) is 3. The smallest absolute Gasteiger partial charge is 0.143 e. The first-order valence-electron chi connectivity index (χ1n) is 22.8. The molecule has 13 aromatic rings. The van der Waals surface area contributed by atoms with Gasteiger partial charge in [-0.1, -0.05) is 182 Å². The molecule has 0 fully saturated rings. The SMILES string of the molecule is c1ccc(-c2ccc(-c3ccc(N(c4ccc(-c5cccc6sc7ccccc7c56)cc4)c4cccc(-c5cccc6oc7c8ccccc8ccc7c56)c4)cc3)cc2-c2ccccc2)cc1. The average molecular weight is 872 g/mol. The summed E-state index contributed by atoms with van der Waals surface area (Å²) >= 11 is 1.86. The molecule has 13 rings (SSSR count). The molecule has 0 radical (unpaired) electrons. The van der Waals surface area contributed by atoms with Gasteiger partial charge in [-0.15, -0.1) is 11.3 Å². The van der Waals surface area contributed by atoms with Crippen LogP contribution in [0.4, 0.5) is 17.1 Å². The highest BCUT2D eigenvalue weighted by Crippen LogP contribution is 2.45. The molecule has 0 bridgehead atoms. The van der Waals surface area contributed by atoms with Crippen molar-refractivity contribution in [3.63, 3.8) is 0 Å². The molecule has 67 heavy (non-hydrogen) atoms. The van der Waals surface area contributed by atoms with Gasteiger partial charge in [-0.25, -0.2) is 0 Å². The monoisotopic (exact) mass is 871 g/mol. The summed E-state index contributed by atoms with van der Waals surface area (Å²) in [6.07, 6.45) is 0. The summed E-state index contributed by atoms with van der Waals surface area (Å²) in [6, 6.07) is 90.1. The number of hydrogen-bond donors (Lipinski definition) is 0. The van der Waals surface area contributed by atoms with Gasteiger partial charge in [0.25, 0.3) is 0 Å². The highest BCUT2D eigenvalue weighted by molar-refractivity contribution is 7.25. The van der Waals surface area contributed by atoms with Gasteiger partial charge in [-0.05, 0) is 128 Å². The number of thiophene rings is 1. The number of benzene rings is 11. The Morgan fingerprint density at radius 3 is 1.66 bits per heavy atom. The molecule has 0 N–H and O–H groups in total. The van der Waals surface area contributed by atoms with Crippen molar-refractivity contribution in [2.24, 2.45) is 0 Å². The van der Waals surface area contributed by atoms with Crippen LogP contribution >= 0.6 is 11.3 Å². The van der Waals surface area contributed by atoms with Crippen molar-refractivity contribution in [2.45, 2.75) is 0 Å². The van der Waals surface area contributed by atoms with E-state index < -0.39 is 0 Å². The third kappa shape index (κ3) is 6.79. The first-order chi connectivity index (χ1) is 33.2. The highest BCUT2D eigenvalue weighted by atomic mass is 32.1. The van der Waals surface area contributed by atoms with E-state index in [9.17, 15) is 0 Å². The third-order valence-electron chi connectivity index (χ3n) is 13.3. The van der Waals surface area contributed by atoms with Crippen molar-refractivity contribution in [1.29, 1.82) is 0 Å². The highest BCUT2D eigenvalue weighted by Gasteiger charge is 2.19. The minimum Gasteiger partial charge on any atom is -0.455 e. The zero-order valence-electron chi connectivity index (χ0n) is 36.4. The van der Waals surface area contributed by atoms with Gasteiger partial charge in [0.2, 0.25) is 0 Å². The number of nitrogens with zero attached hydrogens (tertiary/aromatic N) is 1. The summed E-state index contributed by atoms with van der Waals surface area (Å²) in [6.45, 7) is 0. The normalized spacial score (nSPS) is 11.6. The first kappa shape index (κ1) is 38.9. The second-order valence-corrected chi connectivity index (χ2v) is 18.3. The largest absolute Gasteiger partial charge is 0.455 e. The van der Waals surface area contributed by atoms with Crippen LogP contribution in [0, 0.1) is 0 Å². The van der Waals surface area contributed by atoms with Gasteiger partial charge in [0.05, 0.1) is 0 Å². The minimum atomic E-state index is 0.887. The van der Waals surface area contributed by atoms with Crippen LogP contribution in [0.25, 0.3) is 109 Å². The Morgan fingerprint density at radius 1 is 0.299 bits per heavy atom. The number of fused-ring (bicyclic) bond motifs is 8. The fraction of sp³-hybridized carbons (Fsp3) is 0. The molecule has 0 spiro atoms. The van der Waals surface area contributed by atoms with Crippen LogP contribution in [-0.4, -0.2) is 0 Å². The lowest BCUT2D eigenvalue weighted by atomic mass is 9.91. The van der Waals surface area contributed by atoms with Gasteiger partial charge >= 0.3 is 0 Å². The molecule has 0 amide bonds. The van der Waals surface area contributed by atoms with Crippen LogP contribution in [-0.2, 0) is 0 Å². The number of furan rings is 1. The van der Waals surface area contributed by atoms with Gasteiger partial charge in [0.15, 0.2) is 0 Å². The lowest BCUT2D eigenvalue weighted by Gasteiger charge is -2.26. The van der Waals surface area contributed by atoms with E-state index in [-0.39, 0.29) is 0 Å². The Labute approximate surface area is 392 Å². The quantitative estimate of drug-likeness (QED) is 0.151. The fourth-order valence-electron chi connectivity index (χ4n) is 10.1. The maximum absolute atomic E-state index is 6.64. The molecule has 0 aliphatic carbocycles. The van der Waals surface area contributed by atoms with Crippen LogP contribution in [0.5, 0.6) is 0 Å². The van der Waals surface area contributed by atoms with Gasteiger partial charge in [-0.2, -0.15) is 0 Å². The maximum Gasteiger partial charge on any atom is 0.143 e. The molecule has 0 aliphatic heterocycles. The molecule has 2 nitrogen and oxygen atoms in total. The molecule has 0 saturated heterocycles. The van der Waals surface area contributed by atoms with Crippen molar-refractivity contribution in [2.75, 3.05) is 4.90 Å². The van der Waals surface area contributed by atoms with E-state index in [4.69, 9.17) is 4.42 Å². The molecule has 314 valence electrons. The Morgan fingerprint density at radius 2 is 0.881 bits per heavy atom. The molecular weight excluding hydrogens is 831 g/mol. The Hall–Kier alpha value is -8.50. The Bertz CT molecular complexity index is 3960. The van der Waals surface area contributed by atoms with E-state index in [0.717, 1.165) is 61.1 Å². The lowest BCUT2D eigenvalue weighted by Crippen LogP contribution is -2.10. The van der Waals surface area contributed by atoms with E-state index in [1.165, 1.54) is 64.5 Å². The zero-order valence-corrected chi connectivity index (χ0v) is 37.3. The maximum atomic E-state index is 6.64. The molecule has 0 unspecified atom stereocenters. The zero-order chi connectivity index (χ0) is 44.3. The van der Waals surface area contributed by atoms with Gasteiger partial charge in [-0.3, -0.25) is 0 Å². The molecular formula is C64H41NOS. The van der Waals surface area contributed by atoms with Crippen molar-refractivity contribution in [3.05, 3.63) is 249 Å².